The number of rotatable bonds is 6. The molecule has 0 atom stereocenters. The first-order chi connectivity index (χ1) is 4.81. The van der Waals surface area contributed by atoms with Gasteiger partial charge in [-0.2, -0.15) is 0 Å². The summed E-state index contributed by atoms with van der Waals surface area (Å²) in [6, 6.07) is 0. The first-order valence-corrected chi connectivity index (χ1v) is 5.24. The molecule has 0 N–H and O–H groups in total. The Hall–Kier alpha value is 0.685. The van der Waals surface area contributed by atoms with Crippen molar-refractivity contribution < 1.29 is 3.63 Å². The highest BCUT2D eigenvalue weighted by Crippen LogP contribution is 2.14. The second-order valence-electron chi connectivity index (χ2n) is 2.01. The molecule has 0 radical (unpaired) electrons. The van der Waals surface area contributed by atoms with Gasteiger partial charge in [-0.1, -0.05) is 25.2 Å². The van der Waals surface area contributed by atoms with Gasteiger partial charge < -0.3 is 0 Å². The number of nitrogens with zero attached hydrogens (tertiary/aromatic N) is 1. The maximum atomic E-state index is 5.05. The molecular weight excluding hydrogens is 165 g/mol. The highest BCUT2D eigenvalue weighted by Gasteiger charge is 1.96. The van der Waals surface area contributed by atoms with Gasteiger partial charge in [0.2, 0.25) is 7.12 Å². The van der Waals surface area contributed by atoms with Gasteiger partial charge >= 0.3 is 0 Å². The van der Waals surface area contributed by atoms with E-state index in [9.17, 15) is 0 Å². The standard InChI is InChI=1S/C5H14BNOS2/c1-3-4-5-7(2)10-8-9-6/h3-6H2,1-2H3. The second kappa shape index (κ2) is 7.79. The lowest BCUT2D eigenvalue weighted by Crippen LogP contribution is -2.09. The van der Waals surface area contributed by atoms with Gasteiger partial charge in [0.1, 0.15) is 0 Å². The van der Waals surface area contributed by atoms with Gasteiger partial charge in [0.25, 0.3) is 0 Å². The topological polar surface area (TPSA) is 12.5 Å². The molecule has 0 aromatic heterocycles. The van der Waals surface area contributed by atoms with Crippen LogP contribution in [-0.2, 0) is 3.63 Å². The first-order valence-electron chi connectivity index (χ1n) is 3.39. The lowest BCUT2D eigenvalue weighted by Gasteiger charge is -2.11. The van der Waals surface area contributed by atoms with Crippen molar-refractivity contribution in [3.63, 3.8) is 0 Å². The van der Waals surface area contributed by atoms with E-state index in [0.29, 0.717) is 0 Å². The zero-order chi connectivity index (χ0) is 7.82. The smallest absolute Gasteiger partial charge is 0.212 e. The van der Waals surface area contributed by atoms with Gasteiger partial charge in [-0.05, 0) is 13.5 Å². The molecule has 0 bridgehead atoms. The Bertz CT molecular complexity index is 68.7. The van der Waals surface area contributed by atoms with Crippen molar-refractivity contribution in [3.05, 3.63) is 0 Å². The van der Waals surface area contributed by atoms with Crippen molar-refractivity contribution in [2.24, 2.45) is 0 Å². The molecule has 0 heterocycles. The lowest BCUT2D eigenvalue weighted by atomic mass is 10.3. The zero-order valence-electron chi connectivity index (χ0n) is 6.79. The van der Waals surface area contributed by atoms with Crippen molar-refractivity contribution in [3.8, 4) is 0 Å². The highest BCUT2D eigenvalue weighted by atomic mass is 32.2. The van der Waals surface area contributed by atoms with E-state index >= 15 is 0 Å². The molecule has 0 aliphatic rings. The van der Waals surface area contributed by atoms with E-state index in [1.54, 1.807) is 0 Å². The molecule has 0 aromatic carbocycles. The minimum atomic E-state index is 1.10. The monoisotopic (exact) mass is 179 g/mol. The third-order valence-corrected chi connectivity index (χ3v) is 2.28. The highest BCUT2D eigenvalue weighted by molar-refractivity contribution is 8.21. The van der Waals surface area contributed by atoms with Crippen LogP contribution in [0.1, 0.15) is 19.8 Å². The number of hydrogen-bond donors (Lipinski definition) is 0. The molecule has 60 valence electrons. The maximum Gasteiger partial charge on any atom is 0.212 e. The average Bonchev–Trinajstić information content (AvgIpc) is 1.97. The van der Waals surface area contributed by atoms with Crippen LogP contribution in [0.3, 0.4) is 0 Å². The van der Waals surface area contributed by atoms with Gasteiger partial charge in [-0.3, -0.25) is 0 Å². The minimum Gasteiger partial charge on any atom is -0.243 e. The van der Waals surface area contributed by atoms with Crippen LogP contribution in [0.5, 0.6) is 0 Å². The Morgan fingerprint density at radius 2 is 2.30 bits per heavy atom. The summed E-state index contributed by atoms with van der Waals surface area (Å²) in [5.41, 5.74) is 0. The van der Waals surface area contributed by atoms with Crippen molar-refractivity contribution in [1.82, 2.24) is 4.31 Å². The fraction of sp³-hybridized carbons (Fsp3) is 1.00. The molecule has 0 spiro atoms. The Morgan fingerprint density at radius 3 is 2.80 bits per heavy atom. The maximum absolute atomic E-state index is 5.05. The van der Waals surface area contributed by atoms with E-state index in [1.807, 2.05) is 14.2 Å². The SMILES string of the molecule is BSOSN(C)CCCC. The third kappa shape index (κ3) is 6.80. The fourth-order valence-electron chi connectivity index (χ4n) is 0.500. The fourth-order valence-corrected chi connectivity index (χ4v) is 1.36. The molecule has 0 saturated carbocycles. The van der Waals surface area contributed by atoms with E-state index in [4.69, 9.17) is 3.63 Å². The van der Waals surface area contributed by atoms with E-state index in [0.717, 1.165) is 6.54 Å². The van der Waals surface area contributed by atoms with E-state index in [-0.39, 0.29) is 0 Å². The average molecular weight is 179 g/mol. The predicted molar refractivity (Wildman–Crippen MR) is 52.3 cm³/mol. The molecule has 0 aliphatic heterocycles. The molecule has 0 amide bonds. The lowest BCUT2D eigenvalue weighted by molar-refractivity contribution is 0.511. The summed E-state index contributed by atoms with van der Waals surface area (Å²) in [7, 11) is 3.96. The molecule has 0 aromatic rings. The summed E-state index contributed by atoms with van der Waals surface area (Å²) in [4.78, 5) is 0. The Kier molecular flexibility index (Phi) is 8.32. The van der Waals surface area contributed by atoms with Crippen LogP contribution in [0.15, 0.2) is 0 Å². The largest absolute Gasteiger partial charge is 0.243 e. The van der Waals surface area contributed by atoms with Crippen molar-refractivity contribution in [1.29, 1.82) is 0 Å². The second-order valence-corrected chi connectivity index (χ2v) is 3.66. The molecule has 10 heavy (non-hydrogen) atoms. The molecule has 5 heteroatoms. The van der Waals surface area contributed by atoms with Gasteiger partial charge in [0, 0.05) is 6.54 Å². The summed E-state index contributed by atoms with van der Waals surface area (Å²) in [5, 5.41) is 0. The van der Waals surface area contributed by atoms with Gasteiger partial charge in [-0.15, -0.1) is 0 Å². The molecule has 0 unspecified atom stereocenters. The molecule has 0 aliphatic carbocycles. The van der Waals surface area contributed by atoms with E-state index < -0.39 is 0 Å². The summed E-state index contributed by atoms with van der Waals surface area (Å²) < 4.78 is 7.15. The summed E-state index contributed by atoms with van der Waals surface area (Å²) >= 11 is 2.80. The van der Waals surface area contributed by atoms with Crippen LogP contribution >= 0.6 is 24.1 Å². The summed E-state index contributed by atoms with van der Waals surface area (Å²) in [5.74, 6) is 0. The van der Waals surface area contributed by atoms with Gasteiger partial charge in [0.15, 0.2) is 0 Å². The quantitative estimate of drug-likeness (QED) is 0.348. The normalized spacial score (nSPS) is 10.7. The minimum absolute atomic E-state index is 1.10. The molecule has 0 saturated heterocycles. The number of hydrogen-bond acceptors (Lipinski definition) is 4. The van der Waals surface area contributed by atoms with E-state index in [1.165, 1.54) is 37.0 Å². The van der Waals surface area contributed by atoms with Crippen molar-refractivity contribution in [2.75, 3.05) is 13.6 Å². The first kappa shape index (κ1) is 10.7. The third-order valence-electron chi connectivity index (χ3n) is 1.05. The van der Waals surface area contributed by atoms with Gasteiger partial charge in [-0.25, -0.2) is 7.93 Å². The van der Waals surface area contributed by atoms with E-state index in [2.05, 4.69) is 11.2 Å². The Balaban J connectivity index is 3.00. The van der Waals surface area contributed by atoms with Crippen LogP contribution in [0.25, 0.3) is 0 Å². The van der Waals surface area contributed by atoms with Crippen LogP contribution < -0.4 is 0 Å². The molecule has 2 nitrogen and oxygen atoms in total. The Morgan fingerprint density at radius 1 is 1.60 bits per heavy atom. The number of unbranched alkanes of at least 4 members (excludes halogenated alkanes) is 1. The summed E-state index contributed by atoms with van der Waals surface area (Å²) in [6.07, 6.45) is 2.48. The van der Waals surface area contributed by atoms with Crippen molar-refractivity contribution >= 4 is 31.2 Å². The summed E-state index contributed by atoms with van der Waals surface area (Å²) in [6.45, 7) is 3.29. The predicted octanol–water partition coefficient (Wildman–Crippen LogP) is 1.49. The van der Waals surface area contributed by atoms with Crippen LogP contribution in [0.2, 0.25) is 0 Å². The molecule has 0 fully saturated rings. The molecular formula is C5H14BNOS2. The zero-order valence-corrected chi connectivity index (χ0v) is 8.43. The molecule has 0 rings (SSSR count). The van der Waals surface area contributed by atoms with Crippen LogP contribution in [0, 0.1) is 0 Å². The van der Waals surface area contributed by atoms with Crippen molar-refractivity contribution in [2.45, 2.75) is 19.8 Å². The van der Waals surface area contributed by atoms with Crippen LogP contribution in [0.4, 0.5) is 0 Å². The van der Waals surface area contributed by atoms with Gasteiger partial charge in [0.05, 0.1) is 12.2 Å². The Labute approximate surface area is 72.9 Å². The van der Waals surface area contributed by atoms with Crippen LogP contribution in [-0.4, -0.2) is 25.0 Å².